The summed E-state index contributed by atoms with van der Waals surface area (Å²) in [5, 5.41) is 0. The van der Waals surface area contributed by atoms with Gasteiger partial charge in [0, 0.05) is 26.2 Å². The molecule has 0 aliphatic carbocycles. The molecule has 0 unspecified atom stereocenters. The Bertz CT molecular complexity index is 149. The van der Waals surface area contributed by atoms with Crippen molar-refractivity contribution in [3.05, 3.63) is 0 Å². The Morgan fingerprint density at radius 1 is 0.524 bits per heavy atom. The van der Waals surface area contributed by atoms with E-state index in [1.807, 2.05) is 0 Å². The Morgan fingerprint density at radius 3 is 1.14 bits per heavy atom. The molecule has 0 rings (SSSR count). The van der Waals surface area contributed by atoms with Gasteiger partial charge in [-0.2, -0.15) is 0 Å². The van der Waals surface area contributed by atoms with E-state index in [2.05, 4.69) is 6.92 Å². The minimum atomic E-state index is 0.566. The summed E-state index contributed by atoms with van der Waals surface area (Å²) in [5.74, 6) is 0. The molecule has 6 N–H and O–H groups in total. The molecule has 0 bridgehead atoms. The number of hydrogen-bond acceptors (Lipinski definition) is 7. The van der Waals surface area contributed by atoms with Gasteiger partial charge >= 0.3 is 0 Å². The summed E-state index contributed by atoms with van der Waals surface area (Å²) in [6, 6.07) is 0. The molecule has 0 amide bonds. The maximum atomic E-state index is 5.25. The van der Waals surface area contributed by atoms with Gasteiger partial charge in [0.1, 0.15) is 0 Å². The molecule has 0 aliphatic heterocycles. The Morgan fingerprint density at radius 2 is 0.857 bits per heavy atom. The monoisotopic (exact) mass is 309 g/mol. The van der Waals surface area contributed by atoms with Gasteiger partial charge in [-0.3, -0.25) is 0 Å². The molecule has 0 spiro atoms. The second kappa shape index (κ2) is 24.7. The van der Waals surface area contributed by atoms with Gasteiger partial charge in [0.15, 0.2) is 0 Å². The molecule has 0 radical (unpaired) electrons. The van der Waals surface area contributed by atoms with E-state index in [1.165, 1.54) is 6.42 Å². The van der Waals surface area contributed by atoms with E-state index in [9.17, 15) is 0 Å². The molecule has 0 saturated carbocycles. The SMILES string of the molecule is CCCCOCCOCCN.NCCOCCOCCN. The molecule has 7 nitrogen and oxygen atoms in total. The quantitative estimate of drug-likeness (QED) is 0.356. The van der Waals surface area contributed by atoms with Crippen LogP contribution in [-0.4, -0.2) is 72.5 Å². The van der Waals surface area contributed by atoms with Crippen molar-refractivity contribution in [3.8, 4) is 0 Å². The Hall–Kier alpha value is -0.280. The Labute approximate surface area is 129 Å². The van der Waals surface area contributed by atoms with Crippen molar-refractivity contribution in [2.75, 3.05) is 72.5 Å². The van der Waals surface area contributed by atoms with Gasteiger partial charge in [0.2, 0.25) is 0 Å². The summed E-state index contributed by atoms with van der Waals surface area (Å²) in [7, 11) is 0. The van der Waals surface area contributed by atoms with Gasteiger partial charge in [0.05, 0.1) is 46.2 Å². The zero-order valence-electron chi connectivity index (χ0n) is 13.6. The van der Waals surface area contributed by atoms with Crippen molar-refractivity contribution in [1.29, 1.82) is 0 Å². The molecule has 21 heavy (non-hydrogen) atoms. The van der Waals surface area contributed by atoms with Crippen molar-refractivity contribution in [2.45, 2.75) is 19.8 Å². The average molecular weight is 309 g/mol. The van der Waals surface area contributed by atoms with Crippen LogP contribution in [0.3, 0.4) is 0 Å². The molecular weight excluding hydrogens is 274 g/mol. The minimum absolute atomic E-state index is 0.566. The van der Waals surface area contributed by atoms with Crippen LogP contribution in [0.15, 0.2) is 0 Å². The van der Waals surface area contributed by atoms with Gasteiger partial charge in [0.25, 0.3) is 0 Å². The maximum absolute atomic E-state index is 5.25. The maximum Gasteiger partial charge on any atom is 0.0701 e. The third-order valence-corrected chi connectivity index (χ3v) is 2.17. The highest BCUT2D eigenvalue weighted by Crippen LogP contribution is 1.87. The van der Waals surface area contributed by atoms with Crippen LogP contribution < -0.4 is 17.2 Å². The molecule has 0 fully saturated rings. The van der Waals surface area contributed by atoms with Crippen molar-refractivity contribution >= 4 is 0 Å². The zero-order valence-corrected chi connectivity index (χ0v) is 13.6. The molecule has 0 aromatic heterocycles. The number of unbranched alkanes of at least 4 members (excludes halogenated alkanes) is 1. The van der Waals surface area contributed by atoms with E-state index in [4.69, 9.17) is 36.1 Å². The van der Waals surface area contributed by atoms with Crippen LogP contribution in [0.2, 0.25) is 0 Å². The molecule has 0 heterocycles. The van der Waals surface area contributed by atoms with E-state index in [-0.39, 0.29) is 0 Å². The summed E-state index contributed by atoms with van der Waals surface area (Å²) >= 11 is 0. The molecule has 0 aromatic rings. The number of nitrogens with two attached hydrogens (primary N) is 3. The first-order valence-corrected chi connectivity index (χ1v) is 7.74. The van der Waals surface area contributed by atoms with Crippen LogP contribution in [0.5, 0.6) is 0 Å². The fourth-order valence-corrected chi connectivity index (χ4v) is 1.14. The summed E-state index contributed by atoms with van der Waals surface area (Å²) < 4.78 is 20.4. The van der Waals surface area contributed by atoms with E-state index in [0.29, 0.717) is 65.9 Å². The highest BCUT2D eigenvalue weighted by molar-refractivity contribution is 4.35. The summed E-state index contributed by atoms with van der Waals surface area (Å²) in [6.45, 7) is 9.14. The van der Waals surface area contributed by atoms with Gasteiger partial charge < -0.3 is 36.1 Å². The second-order valence-corrected chi connectivity index (χ2v) is 4.17. The van der Waals surface area contributed by atoms with E-state index in [1.54, 1.807) is 0 Å². The Kier molecular flexibility index (Phi) is 27.1. The Balaban J connectivity index is 0. The lowest BCUT2D eigenvalue weighted by molar-refractivity contribution is 0.0497. The largest absolute Gasteiger partial charge is 0.379 e. The first-order chi connectivity index (χ1) is 10.3. The lowest BCUT2D eigenvalue weighted by Gasteiger charge is -2.03. The van der Waals surface area contributed by atoms with Crippen LogP contribution in [0, 0.1) is 0 Å². The van der Waals surface area contributed by atoms with Crippen molar-refractivity contribution in [1.82, 2.24) is 0 Å². The number of ether oxygens (including phenoxy) is 4. The van der Waals surface area contributed by atoms with E-state index in [0.717, 1.165) is 13.0 Å². The second-order valence-electron chi connectivity index (χ2n) is 4.17. The van der Waals surface area contributed by atoms with E-state index < -0.39 is 0 Å². The standard InChI is InChI=1S/C8H19NO2.C6H16N2O2/c1-2-3-5-10-7-8-11-6-4-9;7-1-3-9-5-6-10-4-2-8/h2-9H2,1H3;1-8H2. The highest BCUT2D eigenvalue weighted by atomic mass is 16.5. The lowest BCUT2D eigenvalue weighted by atomic mass is 10.4. The molecular formula is C14H35N3O4. The fraction of sp³-hybridized carbons (Fsp3) is 1.00. The number of rotatable bonds is 15. The van der Waals surface area contributed by atoms with E-state index >= 15 is 0 Å². The average Bonchev–Trinajstić information content (AvgIpc) is 2.51. The van der Waals surface area contributed by atoms with Crippen LogP contribution in [0.25, 0.3) is 0 Å². The van der Waals surface area contributed by atoms with Gasteiger partial charge in [-0.25, -0.2) is 0 Å². The fourth-order valence-electron chi connectivity index (χ4n) is 1.14. The zero-order chi connectivity index (χ0) is 16.0. The van der Waals surface area contributed by atoms with Gasteiger partial charge in [-0.1, -0.05) is 13.3 Å². The smallest absolute Gasteiger partial charge is 0.0701 e. The van der Waals surface area contributed by atoms with Crippen LogP contribution in [0.1, 0.15) is 19.8 Å². The first kappa shape index (κ1) is 23.0. The van der Waals surface area contributed by atoms with Gasteiger partial charge in [-0.15, -0.1) is 0 Å². The molecule has 0 atom stereocenters. The molecule has 7 heteroatoms. The molecule has 0 aliphatic rings. The molecule has 0 saturated heterocycles. The van der Waals surface area contributed by atoms with Crippen LogP contribution >= 0.6 is 0 Å². The highest BCUT2D eigenvalue weighted by Gasteiger charge is 1.87. The van der Waals surface area contributed by atoms with Gasteiger partial charge in [-0.05, 0) is 6.42 Å². The predicted octanol–water partition coefficient (Wildman–Crippen LogP) is -0.285. The summed E-state index contributed by atoms with van der Waals surface area (Å²) in [5.41, 5.74) is 15.6. The summed E-state index contributed by atoms with van der Waals surface area (Å²) in [6.07, 6.45) is 2.32. The minimum Gasteiger partial charge on any atom is -0.379 e. The number of hydrogen-bond donors (Lipinski definition) is 3. The predicted molar refractivity (Wildman–Crippen MR) is 85.3 cm³/mol. The van der Waals surface area contributed by atoms with Crippen molar-refractivity contribution < 1.29 is 18.9 Å². The summed E-state index contributed by atoms with van der Waals surface area (Å²) in [4.78, 5) is 0. The topological polar surface area (TPSA) is 115 Å². The molecule has 130 valence electrons. The van der Waals surface area contributed by atoms with Crippen LogP contribution in [-0.2, 0) is 18.9 Å². The normalized spacial score (nSPS) is 10.3. The van der Waals surface area contributed by atoms with Crippen molar-refractivity contribution in [3.63, 3.8) is 0 Å². The lowest BCUT2D eigenvalue weighted by Crippen LogP contribution is -2.14. The van der Waals surface area contributed by atoms with Crippen molar-refractivity contribution in [2.24, 2.45) is 17.2 Å². The third-order valence-electron chi connectivity index (χ3n) is 2.17. The third kappa shape index (κ3) is 28.6. The molecule has 0 aromatic carbocycles. The first-order valence-electron chi connectivity index (χ1n) is 7.74. The van der Waals surface area contributed by atoms with Crippen LogP contribution in [0.4, 0.5) is 0 Å².